The van der Waals surface area contributed by atoms with E-state index in [0.717, 1.165) is 23.6 Å². The number of aromatic nitrogens is 2. The number of rotatable bonds is 4. The molecular formula is C13H14FN3. The molecule has 4 heteroatoms. The maximum atomic E-state index is 12.8. The molecule has 0 spiro atoms. The maximum absolute atomic E-state index is 12.8. The number of H-pyrrole nitrogens is 1. The van der Waals surface area contributed by atoms with Crippen molar-refractivity contribution in [3.63, 3.8) is 0 Å². The molecule has 3 rings (SSSR count). The van der Waals surface area contributed by atoms with Gasteiger partial charge in [0, 0.05) is 30.0 Å². The number of benzene rings is 1. The molecule has 1 heterocycles. The Kier molecular flexibility index (Phi) is 2.65. The molecule has 0 radical (unpaired) electrons. The summed E-state index contributed by atoms with van der Waals surface area (Å²) < 4.78 is 12.8. The number of aromatic amines is 1. The third kappa shape index (κ3) is 2.53. The van der Waals surface area contributed by atoms with Crippen LogP contribution in [0.5, 0.6) is 0 Å². The SMILES string of the molecule is Fc1ccc(-c2ncc(CNC3CC3)[nH]2)cc1. The molecule has 0 unspecified atom stereocenters. The Labute approximate surface area is 99.1 Å². The van der Waals surface area contributed by atoms with Crippen LogP contribution >= 0.6 is 0 Å². The van der Waals surface area contributed by atoms with Crippen molar-refractivity contribution >= 4 is 0 Å². The first kappa shape index (κ1) is 10.5. The highest BCUT2D eigenvalue weighted by atomic mass is 19.1. The summed E-state index contributed by atoms with van der Waals surface area (Å²) in [6.45, 7) is 0.818. The van der Waals surface area contributed by atoms with E-state index in [9.17, 15) is 4.39 Å². The summed E-state index contributed by atoms with van der Waals surface area (Å²) in [5, 5.41) is 3.42. The van der Waals surface area contributed by atoms with Gasteiger partial charge in [-0.3, -0.25) is 0 Å². The van der Waals surface area contributed by atoms with Gasteiger partial charge in [-0.05, 0) is 37.1 Å². The van der Waals surface area contributed by atoms with Crippen LogP contribution in [-0.2, 0) is 6.54 Å². The highest BCUT2D eigenvalue weighted by Gasteiger charge is 2.20. The van der Waals surface area contributed by atoms with Gasteiger partial charge in [0.2, 0.25) is 0 Å². The van der Waals surface area contributed by atoms with Crippen LogP contribution in [0.3, 0.4) is 0 Å². The molecule has 3 nitrogen and oxygen atoms in total. The van der Waals surface area contributed by atoms with E-state index >= 15 is 0 Å². The molecule has 0 aliphatic heterocycles. The van der Waals surface area contributed by atoms with Crippen LogP contribution in [-0.4, -0.2) is 16.0 Å². The van der Waals surface area contributed by atoms with E-state index in [1.807, 2.05) is 6.20 Å². The second kappa shape index (κ2) is 4.30. The summed E-state index contributed by atoms with van der Waals surface area (Å²) in [5.41, 5.74) is 1.97. The maximum Gasteiger partial charge on any atom is 0.137 e. The van der Waals surface area contributed by atoms with Gasteiger partial charge in [-0.2, -0.15) is 0 Å². The van der Waals surface area contributed by atoms with Crippen molar-refractivity contribution < 1.29 is 4.39 Å². The Hall–Kier alpha value is -1.68. The number of hydrogen-bond donors (Lipinski definition) is 2. The predicted molar refractivity (Wildman–Crippen MR) is 63.8 cm³/mol. The smallest absolute Gasteiger partial charge is 0.137 e. The van der Waals surface area contributed by atoms with E-state index in [1.54, 1.807) is 12.1 Å². The zero-order valence-electron chi connectivity index (χ0n) is 9.41. The molecule has 0 amide bonds. The van der Waals surface area contributed by atoms with Crippen LogP contribution < -0.4 is 5.32 Å². The quantitative estimate of drug-likeness (QED) is 0.848. The van der Waals surface area contributed by atoms with Gasteiger partial charge in [-0.1, -0.05) is 0 Å². The third-order valence-electron chi connectivity index (χ3n) is 2.90. The topological polar surface area (TPSA) is 40.7 Å². The van der Waals surface area contributed by atoms with Gasteiger partial charge < -0.3 is 10.3 Å². The molecule has 1 aliphatic carbocycles. The number of hydrogen-bond acceptors (Lipinski definition) is 2. The van der Waals surface area contributed by atoms with Crippen molar-refractivity contribution in [1.29, 1.82) is 0 Å². The van der Waals surface area contributed by atoms with Crippen molar-refractivity contribution in [3.8, 4) is 11.4 Å². The molecule has 0 bridgehead atoms. The average molecular weight is 231 g/mol. The van der Waals surface area contributed by atoms with Crippen molar-refractivity contribution in [2.75, 3.05) is 0 Å². The molecule has 0 atom stereocenters. The van der Waals surface area contributed by atoms with Crippen LogP contribution in [0.15, 0.2) is 30.5 Å². The summed E-state index contributed by atoms with van der Waals surface area (Å²) >= 11 is 0. The zero-order valence-corrected chi connectivity index (χ0v) is 9.41. The van der Waals surface area contributed by atoms with Gasteiger partial charge in [0.05, 0.1) is 0 Å². The van der Waals surface area contributed by atoms with Gasteiger partial charge in [-0.25, -0.2) is 9.37 Å². The number of nitrogens with zero attached hydrogens (tertiary/aromatic N) is 1. The van der Waals surface area contributed by atoms with Crippen LogP contribution in [0.4, 0.5) is 4.39 Å². The molecule has 88 valence electrons. The second-order valence-electron chi connectivity index (χ2n) is 4.42. The molecule has 1 fully saturated rings. The first-order chi connectivity index (χ1) is 8.31. The van der Waals surface area contributed by atoms with Crippen molar-refractivity contribution in [3.05, 3.63) is 42.0 Å². The lowest BCUT2D eigenvalue weighted by Crippen LogP contribution is -2.15. The van der Waals surface area contributed by atoms with Gasteiger partial charge in [0.15, 0.2) is 0 Å². The largest absolute Gasteiger partial charge is 0.341 e. The Balaban J connectivity index is 1.72. The van der Waals surface area contributed by atoms with Crippen LogP contribution in [0.25, 0.3) is 11.4 Å². The first-order valence-electron chi connectivity index (χ1n) is 5.84. The van der Waals surface area contributed by atoms with Crippen LogP contribution in [0, 0.1) is 5.82 Å². The van der Waals surface area contributed by atoms with Gasteiger partial charge in [-0.15, -0.1) is 0 Å². The summed E-state index contributed by atoms with van der Waals surface area (Å²) in [6, 6.07) is 7.03. The lowest BCUT2D eigenvalue weighted by Gasteiger charge is -1.99. The van der Waals surface area contributed by atoms with E-state index in [1.165, 1.54) is 25.0 Å². The van der Waals surface area contributed by atoms with Gasteiger partial charge >= 0.3 is 0 Å². The lowest BCUT2D eigenvalue weighted by atomic mass is 10.2. The fraction of sp³-hybridized carbons (Fsp3) is 0.308. The second-order valence-corrected chi connectivity index (χ2v) is 4.42. The number of imidazole rings is 1. The Morgan fingerprint density at radius 3 is 2.76 bits per heavy atom. The summed E-state index contributed by atoms with van der Waals surface area (Å²) in [7, 11) is 0. The molecule has 1 saturated carbocycles. The Morgan fingerprint density at radius 2 is 2.06 bits per heavy atom. The standard InChI is InChI=1S/C13H14FN3/c14-10-3-1-9(2-4-10)13-16-8-12(17-13)7-15-11-5-6-11/h1-4,8,11,15H,5-7H2,(H,16,17). The van der Waals surface area contributed by atoms with Crippen LogP contribution in [0.2, 0.25) is 0 Å². The Bertz CT molecular complexity index is 500. The third-order valence-corrected chi connectivity index (χ3v) is 2.90. The molecule has 1 aromatic carbocycles. The zero-order chi connectivity index (χ0) is 11.7. The van der Waals surface area contributed by atoms with Crippen molar-refractivity contribution in [2.24, 2.45) is 0 Å². The summed E-state index contributed by atoms with van der Waals surface area (Å²) in [6.07, 6.45) is 4.38. The summed E-state index contributed by atoms with van der Waals surface area (Å²) in [4.78, 5) is 7.53. The van der Waals surface area contributed by atoms with E-state index in [4.69, 9.17) is 0 Å². The number of nitrogens with one attached hydrogen (secondary N) is 2. The molecule has 2 N–H and O–H groups in total. The molecule has 1 aromatic heterocycles. The molecule has 0 saturated heterocycles. The minimum Gasteiger partial charge on any atom is -0.341 e. The minimum absolute atomic E-state index is 0.226. The average Bonchev–Trinajstić information content (AvgIpc) is 3.06. The van der Waals surface area contributed by atoms with Crippen LogP contribution in [0.1, 0.15) is 18.5 Å². The molecule has 17 heavy (non-hydrogen) atoms. The Morgan fingerprint density at radius 1 is 1.29 bits per heavy atom. The molecular weight excluding hydrogens is 217 g/mol. The van der Waals surface area contributed by atoms with Crippen molar-refractivity contribution in [2.45, 2.75) is 25.4 Å². The monoisotopic (exact) mass is 231 g/mol. The van der Waals surface area contributed by atoms with E-state index in [2.05, 4.69) is 15.3 Å². The normalized spacial score (nSPS) is 15.1. The predicted octanol–water partition coefficient (Wildman–Crippen LogP) is 2.47. The highest BCUT2D eigenvalue weighted by Crippen LogP contribution is 2.20. The highest BCUT2D eigenvalue weighted by molar-refractivity contribution is 5.54. The van der Waals surface area contributed by atoms with Gasteiger partial charge in [0.25, 0.3) is 0 Å². The van der Waals surface area contributed by atoms with E-state index in [-0.39, 0.29) is 5.82 Å². The fourth-order valence-corrected chi connectivity index (χ4v) is 1.75. The minimum atomic E-state index is -0.226. The van der Waals surface area contributed by atoms with Gasteiger partial charge in [0.1, 0.15) is 11.6 Å². The first-order valence-corrected chi connectivity index (χ1v) is 5.84. The number of halogens is 1. The fourth-order valence-electron chi connectivity index (χ4n) is 1.75. The lowest BCUT2D eigenvalue weighted by molar-refractivity contribution is 0.628. The van der Waals surface area contributed by atoms with E-state index < -0.39 is 0 Å². The molecule has 1 aliphatic rings. The van der Waals surface area contributed by atoms with Crippen molar-refractivity contribution in [1.82, 2.24) is 15.3 Å². The van der Waals surface area contributed by atoms with E-state index in [0.29, 0.717) is 6.04 Å². The summed E-state index contributed by atoms with van der Waals surface area (Å²) in [5.74, 6) is 0.563. The molecule has 2 aromatic rings.